The Bertz CT molecular complexity index is 309. The summed E-state index contributed by atoms with van der Waals surface area (Å²) in [6, 6.07) is 0.503. The van der Waals surface area contributed by atoms with Gasteiger partial charge in [0.1, 0.15) is 0 Å². The van der Waals surface area contributed by atoms with Crippen LogP contribution in [-0.2, 0) is 0 Å². The van der Waals surface area contributed by atoms with Crippen molar-refractivity contribution in [3.8, 4) is 0 Å². The van der Waals surface area contributed by atoms with Crippen molar-refractivity contribution >= 4 is 5.96 Å². The molecule has 0 aliphatic carbocycles. The normalized spacial score (nSPS) is 21.2. The molecule has 0 saturated carbocycles. The second-order valence-electron chi connectivity index (χ2n) is 7.63. The number of likely N-dealkylation sites (tertiary alicyclic amines) is 1. The highest BCUT2D eigenvalue weighted by Crippen LogP contribution is 2.21. The first-order chi connectivity index (χ1) is 9.19. The number of guanidine groups is 1. The van der Waals surface area contributed by atoms with Crippen LogP contribution in [0.4, 0.5) is 0 Å². The molecule has 0 spiro atoms. The Labute approximate surface area is 125 Å². The highest BCUT2D eigenvalue weighted by Gasteiger charge is 2.25. The molecule has 0 amide bonds. The molecule has 118 valence electrons. The highest BCUT2D eigenvalue weighted by molar-refractivity contribution is 5.78. The number of hydrogen-bond donors (Lipinski definition) is 2. The zero-order chi connectivity index (χ0) is 15.3. The molecule has 3 N–H and O–H groups in total. The predicted octanol–water partition coefficient (Wildman–Crippen LogP) is 2.45. The number of aliphatic imine (C=N–C) groups is 1. The summed E-state index contributed by atoms with van der Waals surface area (Å²) >= 11 is 0. The smallest absolute Gasteiger partial charge is 0.189 e. The highest BCUT2D eigenvalue weighted by atomic mass is 15.2. The first-order valence-electron chi connectivity index (χ1n) is 8.01. The summed E-state index contributed by atoms with van der Waals surface area (Å²) in [5.74, 6) is 2.04. The first-order valence-corrected chi connectivity index (χ1v) is 8.01. The van der Waals surface area contributed by atoms with Crippen LogP contribution in [0.5, 0.6) is 0 Å². The van der Waals surface area contributed by atoms with Gasteiger partial charge in [0.15, 0.2) is 5.96 Å². The van der Waals surface area contributed by atoms with E-state index < -0.39 is 0 Å². The Hall–Kier alpha value is -0.770. The molecule has 20 heavy (non-hydrogen) atoms. The zero-order valence-corrected chi connectivity index (χ0v) is 14.2. The van der Waals surface area contributed by atoms with Crippen LogP contribution in [0, 0.1) is 11.8 Å². The van der Waals surface area contributed by atoms with Gasteiger partial charge in [-0.2, -0.15) is 0 Å². The Morgan fingerprint density at radius 1 is 1.30 bits per heavy atom. The minimum atomic E-state index is -0.0263. The molecule has 1 atom stereocenters. The zero-order valence-electron chi connectivity index (χ0n) is 14.2. The van der Waals surface area contributed by atoms with E-state index in [4.69, 9.17) is 5.73 Å². The molecule has 0 aromatic rings. The maximum absolute atomic E-state index is 5.98. The number of rotatable bonds is 4. The summed E-state index contributed by atoms with van der Waals surface area (Å²) in [5, 5.41) is 3.23. The molecule has 0 radical (unpaired) electrons. The summed E-state index contributed by atoms with van der Waals surface area (Å²) in [6.07, 6.45) is 2.62. The largest absolute Gasteiger partial charge is 0.370 e. The second-order valence-corrected chi connectivity index (χ2v) is 7.63. The Kier molecular flexibility index (Phi) is 6.31. The van der Waals surface area contributed by atoms with Crippen LogP contribution >= 0.6 is 0 Å². The number of hydrogen-bond acceptors (Lipinski definition) is 2. The van der Waals surface area contributed by atoms with E-state index in [-0.39, 0.29) is 5.54 Å². The van der Waals surface area contributed by atoms with Crippen molar-refractivity contribution in [2.75, 3.05) is 19.6 Å². The van der Waals surface area contributed by atoms with E-state index in [1.807, 2.05) is 0 Å². The lowest BCUT2D eigenvalue weighted by Crippen LogP contribution is -2.48. The van der Waals surface area contributed by atoms with Gasteiger partial charge >= 0.3 is 0 Å². The van der Waals surface area contributed by atoms with E-state index in [9.17, 15) is 0 Å². The number of piperidine rings is 1. The van der Waals surface area contributed by atoms with Gasteiger partial charge in [-0.3, -0.25) is 9.89 Å². The van der Waals surface area contributed by atoms with E-state index in [1.54, 1.807) is 0 Å². The molecule has 0 bridgehead atoms. The lowest BCUT2D eigenvalue weighted by Gasteiger charge is -2.38. The number of nitrogens with one attached hydrogen (secondary N) is 1. The SMILES string of the molecule is CC1CCN(C(CN=C(N)NC(C)(C)C)C(C)C)CC1. The van der Waals surface area contributed by atoms with E-state index in [0.717, 1.165) is 12.5 Å². The molecule has 1 aliphatic heterocycles. The molecule has 1 rings (SSSR count). The minimum Gasteiger partial charge on any atom is -0.370 e. The van der Waals surface area contributed by atoms with Crippen molar-refractivity contribution in [3.05, 3.63) is 0 Å². The van der Waals surface area contributed by atoms with Gasteiger partial charge in [0, 0.05) is 11.6 Å². The van der Waals surface area contributed by atoms with Crippen molar-refractivity contribution in [3.63, 3.8) is 0 Å². The van der Waals surface area contributed by atoms with E-state index in [0.29, 0.717) is 17.9 Å². The Balaban J connectivity index is 2.57. The van der Waals surface area contributed by atoms with Crippen LogP contribution in [0.2, 0.25) is 0 Å². The van der Waals surface area contributed by atoms with Crippen LogP contribution < -0.4 is 11.1 Å². The summed E-state index contributed by atoms with van der Waals surface area (Å²) in [6.45, 7) is 16.4. The third-order valence-corrected chi connectivity index (χ3v) is 4.01. The fourth-order valence-corrected chi connectivity index (χ4v) is 2.72. The van der Waals surface area contributed by atoms with E-state index in [2.05, 4.69) is 56.8 Å². The molecule has 1 heterocycles. The molecule has 0 aromatic heterocycles. The van der Waals surface area contributed by atoms with Crippen LogP contribution in [0.15, 0.2) is 4.99 Å². The molecular formula is C16H34N4. The summed E-state index contributed by atoms with van der Waals surface area (Å²) in [4.78, 5) is 7.16. The molecule has 4 nitrogen and oxygen atoms in total. The third-order valence-electron chi connectivity index (χ3n) is 4.01. The lowest BCUT2D eigenvalue weighted by atomic mass is 9.94. The third kappa shape index (κ3) is 6.12. The van der Waals surface area contributed by atoms with Gasteiger partial charge in [-0.25, -0.2) is 0 Å². The summed E-state index contributed by atoms with van der Waals surface area (Å²) in [5.41, 5.74) is 5.95. The van der Waals surface area contributed by atoms with Crippen molar-refractivity contribution in [2.45, 2.75) is 66.0 Å². The van der Waals surface area contributed by atoms with Crippen LogP contribution in [0.3, 0.4) is 0 Å². The minimum absolute atomic E-state index is 0.0263. The topological polar surface area (TPSA) is 53.6 Å². The fourth-order valence-electron chi connectivity index (χ4n) is 2.72. The molecule has 1 unspecified atom stereocenters. The Morgan fingerprint density at radius 2 is 1.85 bits per heavy atom. The van der Waals surface area contributed by atoms with Gasteiger partial charge in [-0.15, -0.1) is 0 Å². The van der Waals surface area contributed by atoms with Gasteiger partial charge in [0.25, 0.3) is 0 Å². The molecule has 1 aliphatic rings. The van der Waals surface area contributed by atoms with Gasteiger partial charge in [0.2, 0.25) is 0 Å². The maximum atomic E-state index is 5.98. The van der Waals surface area contributed by atoms with Crippen molar-refractivity contribution in [1.29, 1.82) is 0 Å². The van der Waals surface area contributed by atoms with Crippen LogP contribution in [-0.4, -0.2) is 42.1 Å². The fraction of sp³-hybridized carbons (Fsp3) is 0.938. The average Bonchev–Trinajstić information content (AvgIpc) is 2.29. The lowest BCUT2D eigenvalue weighted by molar-refractivity contribution is 0.113. The quantitative estimate of drug-likeness (QED) is 0.615. The molecule has 0 aromatic carbocycles. The van der Waals surface area contributed by atoms with Crippen LogP contribution in [0.1, 0.15) is 54.4 Å². The van der Waals surface area contributed by atoms with Crippen molar-refractivity contribution < 1.29 is 0 Å². The number of nitrogens with zero attached hydrogens (tertiary/aromatic N) is 2. The maximum Gasteiger partial charge on any atom is 0.189 e. The molecule has 1 saturated heterocycles. The average molecular weight is 282 g/mol. The van der Waals surface area contributed by atoms with Crippen LogP contribution in [0.25, 0.3) is 0 Å². The van der Waals surface area contributed by atoms with Gasteiger partial charge < -0.3 is 11.1 Å². The number of nitrogens with two attached hydrogens (primary N) is 1. The van der Waals surface area contributed by atoms with E-state index in [1.165, 1.54) is 25.9 Å². The molecule has 4 heteroatoms. The monoisotopic (exact) mass is 282 g/mol. The van der Waals surface area contributed by atoms with E-state index >= 15 is 0 Å². The van der Waals surface area contributed by atoms with Gasteiger partial charge in [-0.1, -0.05) is 20.8 Å². The molecular weight excluding hydrogens is 248 g/mol. The van der Waals surface area contributed by atoms with Crippen molar-refractivity contribution in [1.82, 2.24) is 10.2 Å². The summed E-state index contributed by atoms with van der Waals surface area (Å²) in [7, 11) is 0. The van der Waals surface area contributed by atoms with Crippen molar-refractivity contribution in [2.24, 2.45) is 22.6 Å². The molecule has 1 fully saturated rings. The Morgan fingerprint density at radius 3 is 2.30 bits per heavy atom. The standard InChI is InChI=1S/C16H34N4/c1-12(2)14(20-9-7-13(3)8-10-20)11-18-15(17)19-16(4,5)6/h12-14H,7-11H2,1-6H3,(H3,17,18,19). The first kappa shape index (κ1) is 17.3. The van der Waals surface area contributed by atoms with Gasteiger partial charge in [0.05, 0.1) is 6.54 Å². The summed E-state index contributed by atoms with van der Waals surface area (Å²) < 4.78 is 0. The second kappa shape index (κ2) is 7.30. The van der Waals surface area contributed by atoms with Gasteiger partial charge in [-0.05, 0) is 58.5 Å². The predicted molar refractivity (Wildman–Crippen MR) is 88.0 cm³/mol.